The number of hydrogen-bond donors (Lipinski definition) is 0. The van der Waals surface area contributed by atoms with Crippen LogP contribution in [0.2, 0.25) is 0 Å². The van der Waals surface area contributed by atoms with Crippen molar-refractivity contribution in [1.29, 1.82) is 0 Å². The average molecular weight is 345 g/mol. The molecule has 0 spiro atoms. The Bertz CT molecular complexity index is 746. The molecule has 3 rings (SSSR count). The molecular weight excluding hydrogens is 324 g/mol. The smallest absolute Gasteiger partial charge is 0.223 e. The summed E-state index contributed by atoms with van der Waals surface area (Å²) in [4.78, 5) is 14.5. The molecule has 1 heterocycles. The maximum absolute atomic E-state index is 13.7. The Labute approximate surface area is 146 Å². The van der Waals surface area contributed by atoms with Gasteiger partial charge >= 0.3 is 0 Å². The Morgan fingerprint density at radius 2 is 1.96 bits per heavy atom. The van der Waals surface area contributed by atoms with Gasteiger partial charge in [0.15, 0.2) is 11.6 Å². The van der Waals surface area contributed by atoms with Gasteiger partial charge in [-0.2, -0.15) is 0 Å². The van der Waals surface area contributed by atoms with Crippen molar-refractivity contribution in [2.24, 2.45) is 0 Å². The second kappa shape index (κ2) is 7.64. The number of ether oxygens (including phenoxy) is 1. The third-order valence-electron chi connectivity index (χ3n) is 4.67. The van der Waals surface area contributed by atoms with Gasteiger partial charge in [0.2, 0.25) is 5.91 Å². The summed E-state index contributed by atoms with van der Waals surface area (Å²) in [6.45, 7) is 0.706. The number of halogens is 2. The monoisotopic (exact) mass is 345 g/mol. The molecule has 25 heavy (non-hydrogen) atoms. The Hall–Kier alpha value is -2.43. The third kappa shape index (κ3) is 3.98. The second-order valence-corrected chi connectivity index (χ2v) is 6.27. The largest absolute Gasteiger partial charge is 0.494 e. The summed E-state index contributed by atoms with van der Waals surface area (Å²) in [6.07, 6.45) is 2.62. The first-order chi connectivity index (χ1) is 12.1. The predicted molar refractivity (Wildman–Crippen MR) is 91.4 cm³/mol. The minimum absolute atomic E-state index is 0.000651. The van der Waals surface area contributed by atoms with E-state index in [1.54, 1.807) is 24.3 Å². The summed E-state index contributed by atoms with van der Waals surface area (Å²) in [6, 6.07) is 11.1. The second-order valence-electron chi connectivity index (χ2n) is 6.27. The van der Waals surface area contributed by atoms with E-state index in [1.165, 1.54) is 25.3 Å². The fourth-order valence-electron chi connectivity index (χ4n) is 3.36. The standard InChI is InChI=1S/C20H21F2NO2/c1-25-19-10-4-14(13-17(19)22)5-11-20(24)23-12-2-3-18(23)15-6-8-16(21)9-7-15/h4,6-10,13,18H,2-3,5,11-12H2,1H3. The first-order valence-electron chi connectivity index (χ1n) is 8.46. The van der Waals surface area contributed by atoms with Crippen molar-refractivity contribution in [2.75, 3.05) is 13.7 Å². The maximum Gasteiger partial charge on any atom is 0.223 e. The topological polar surface area (TPSA) is 29.5 Å². The highest BCUT2D eigenvalue weighted by molar-refractivity contribution is 5.77. The van der Waals surface area contributed by atoms with E-state index in [9.17, 15) is 13.6 Å². The molecule has 0 bridgehead atoms. The van der Waals surface area contributed by atoms with Crippen LogP contribution in [0.15, 0.2) is 42.5 Å². The van der Waals surface area contributed by atoms with E-state index in [-0.39, 0.29) is 23.5 Å². The number of nitrogens with zero attached hydrogens (tertiary/aromatic N) is 1. The summed E-state index contributed by atoms with van der Waals surface area (Å²) in [7, 11) is 1.42. The van der Waals surface area contributed by atoms with Crippen molar-refractivity contribution < 1.29 is 18.3 Å². The predicted octanol–water partition coefficient (Wildman–Crippen LogP) is 4.27. The molecular formula is C20H21F2NO2. The molecule has 5 heteroatoms. The number of methoxy groups -OCH3 is 1. The molecule has 0 saturated carbocycles. The minimum atomic E-state index is -0.419. The van der Waals surface area contributed by atoms with Gasteiger partial charge in [-0.05, 0) is 54.7 Å². The summed E-state index contributed by atoms with van der Waals surface area (Å²) in [5, 5.41) is 0. The first kappa shape index (κ1) is 17.4. The van der Waals surface area contributed by atoms with Gasteiger partial charge in [-0.15, -0.1) is 0 Å². The van der Waals surface area contributed by atoms with Crippen LogP contribution < -0.4 is 4.74 Å². The highest BCUT2D eigenvalue weighted by Crippen LogP contribution is 2.32. The van der Waals surface area contributed by atoms with Gasteiger partial charge in [-0.25, -0.2) is 8.78 Å². The zero-order valence-electron chi connectivity index (χ0n) is 14.2. The number of hydrogen-bond acceptors (Lipinski definition) is 2. The summed E-state index contributed by atoms with van der Waals surface area (Å²) in [5.41, 5.74) is 1.73. The number of carbonyl (C=O) groups is 1. The Morgan fingerprint density at radius 1 is 1.20 bits per heavy atom. The van der Waals surface area contributed by atoms with Crippen LogP contribution in [0.25, 0.3) is 0 Å². The molecule has 2 aromatic rings. The lowest BCUT2D eigenvalue weighted by atomic mass is 10.0. The fourth-order valence-corrected chi connectivity index (χ4v) is 3.36. The van der Waals surface area contributed by atoms with E-state index >= 15 is 0 Å². The number of carbonyl (C=O) groups excluding carboxylic acids is 1. The van der Waals surface area contributed by atoms with E-state index in [0.717, 1.165) is 24.0 Å². The van der Waals surface area contributed by atoms with Gasteiger partial charge in [-0.3, -0.25) is 4.79 Å². The van der Waals surface area contributed by atoms with Crippen molar-refractivity contribution in [2.45, 2.75) is 31.7 Å². The molecule has 1 saturated heterocycles. The van der Waals surface area contributed by atoms with Crippen molar-refractivity contribution in [3.63, 3.8) is 0 Å². The number of benzene rings is 2. The van der Waals surface area contributed by atoms with Gasteiger partial charge in [0.05, 0.1) is 13.2 Å². The molecule has 0 radical (unpaired) electrons. The molecule has 2 aromatic carbocycles. The van der Waals surface area contributed by atoms with Crippen molar-refractivity contribution >= 4 is 5.91 Å². The molecule has 1 amide bonds. The van der Waals surface area contributed by atoms with E-state index in [0.29, 0.717) is 19.4 Å². The lowest BCUT2D eigenvalue weighted by Crippen LogP contribution is -2.30. The third-order valence-corrected chi connectivity index (χ3v) is 4.67. The molecule has 132 valence electrons. The number of likely N-dealkylation sites (tertiary alicyclic amines) is 1. The zero-order chi connectivity index (χ0) is 17.8. The van der Waals surface area contributed by atoms with E-state index < -0.39 is 5.82 Å². The van der Waals surface area contributed by atoms with Crippen LogP contribution in [0.5, 0.6) is 5.75 Å². The van der Waals surface area contributed by atoms with E-state index in [1.807, 2.05) is 4.90 Å². The number of rotatable bonds is 5. The first-order valence-corrected chi connectivity index (χ1v) is 8.46. The van der Waals surface area contributed by atoms with Crippen LogP contribution in [0.4, 0.5) is 8.78 Å². The average Bonchev–Trinajstić information content (AvgIpc) is 3.10. The maximum atomic E-state index is 13.7. The quantitative estimate of drug-likeness (QED) is 0.810. The van der Waals surface area contributed by atoms with Crippen LogP contribution in [0.3, 0.4) is 0 Å². The van der Waals surface area contributed by atoms with Crippen LogP contribution in [0, 0.1) is 11.6 Å². The molecule has 0 aliphatic carbocycles. The molecule has 3 nitrogen and oxygen atoms in total. The molecule has 1 aliphatic rings. The van der Waals surface area contributed by atoms with Crippen LogP contribution >= 0.6 is 0 Å². The van der Waals surface area contributed by atoms with Crippen molar-refractivity contribution in [3.05, 3.63) is 65.2 Å². The fraction of sp³-hybridized carbons (Fsp3) is 0.350. The van der Waals surface area contributed by atoms with Crippen LogP contribution in [-0.2, 0) is 11.2 Å². The van der Waals surface area contributed by atoms with E-state index in [2.05, 4.69) is 0 Å². The van der Waals surface area contributed by atoms with Crippen LogP contribution in [0.1, 0.15) is 36.4 Å². The summed E-state index contributed by atoms with van der Waals surface area (Å²) < 4.78 is 31.7. The van der Waals surface area contributed by atoms with Gasteiger partial charge in [0.1, 0.15) is 5.82 Å². The van der Waals surface area contributed by atoms with E-state index in [4.69, 9.17) is 4.74 Å². The molecule has 0 N–H and O–H groups in total. The van der Waals surface area contributed by atoms with Crippen molar-refractivity contribution in [3.8, 4) is 5.75 Å². The highest BCUT2D eigenvalue weighted by Gasteiger charge is 2.29. The highest BCUT2D eigenvalue weighted by atomic mass is 19.1. The zero-order valence-corrected chi connectivity index (χ0v) is 14.2. The Morgan fingerprint density at radius 3 is 2.64 bits per heavy atom. The Kier molecular flexibility index (Phi) is 5.31. The summed E-state index contributed by atoms with van der Waals surface area (Å²) >= 11 is 0. The minimum Gasteiger partial charge on any atom is -0.494 e. The molecule has 1 unspecified atom stereocenters. The Balaban J connectivity index is 1.64. The molecule has 1 atom stereocenters. The summed E-state index contributed by atoms with van der Waals surface area (Å²) in [5.74, 6) is -0.451. The van der Waals surface area contributed by atoms with Gasteiger partial charge in [0, 0.05) is 13.0 Å². The van der Waals surface area contributed by atoms with Gasteiger partial charge in [-0.1, -0.05) is 18.2 Å². The van der Waals surface area contributed by atoms with Crippen LogP contribution in [-0.4, -0.2) is 24.5 Å². The lowest BCUT2D eigenvalue weighted by molar-refractivity contribution is -0.132. The number of amides is 1. The normalized spacial score (nSPS) is 16.9. The number of aryl methyl sites for hydroxylation is 1. The van der Waals surface area contributed by atoms with Gasteiger partial charge < -0.3 is 9.64 Å². The van der Waals surface area contributed by atoms with Crippen molar-refractivity contribution in [1.82, 2.24) is 4.90 Å². The molecule has 1 aliphatic heterocycles. The molecule has 0 aromatic heterocycles. The van der Waals surface area contributed by atoms with Gasteiger partial charge in [0.25, 0.3) is 0 Å². The lowest BCUT2D eigenvalue weighted by Gasteiger charge is -2.25. The SMILES string of the molecule is COc1ccc(CCC(=O)N2CCCC2c2ccc(F)cc2)cc1F. The molecule has 1 fully saturated rings.